The van der Waals surface area contributed by atoms with Crippen LogP contribution in [0.5, 0.6) is 0 Å². The van der Waals surface area contributed by atoms with Crippen LogP contribution < -0.4 is 10.6 Å². The molecule has 3 N–H and O–H groups in total. The van der Waals surface area contributed by atoms with Crippen molar-refractivity contribution < 1.29 is 9.59 Å². The Hall–Kier alpha value is -4.59. The SMILES string of the molecule is O=C(Nc1ccc2c(c1)C(N1CCN(C(=O)c3ccc4[nH]ccc4c3)CC1)c1ccccc1-2)Nc1ccccc1Cl. The molecule has 2 heterocycles. The number of halogens is 1. The van der Waals surface area contributed by atoms with Crippen molar-refractivity contribution in [2.45, 2.75) is 6.04 Å². The fourth-order valence-corrected chi connectivity index (χ4v) is 6.24. The van der Waals surface area contributed by atoms with E-state index >= 15 is 0 Å². The number of carbonyl (C=O) groups excluding carboxylic acids is 2. The summed E-state index contributed by atoms with van der Waals surface area (Å²) >= 11 is 6.21. The predicted octanol–water partition coefficient (Wildman–Crippen LogP) is 6.99. The van der Waals surface area contributed by atoms with E-state index in [4.69, 9.17) is 11.6 Å². The molecule has 0 spiro atoms. The number of benzene rings is 4. The first-order chi connectivity index (χ1) is 20.0. The highest BCUT2D eigenvalue weighted by molar-refractivity contribution is 6.33. The smallest absolute Gasteiger partial charge is 0.323 e. The van der Waals surface area contributed by atoms with Crippen molar-refractivity contribution in [2.75, 3.05) is 36.8 Å². The molecule has 204 valence electrons. The van der Waals surface area contributed by atoms with Crippen LogP contribution in [0.2, 0.25) is 5.02 Å². The molecule has 1 saturated heterocycles. The molecule has 0 bridgehead atoms. The summed E-state index contributed by atoms with van der Waals surface area (Å²) in [5.74, 6) is 0.0657. The van der Waals surface area contributed by atoms with Gasteiger partial charge in [-0.1, -0.05) is 54.1 Å². The molecule has 4 aromatic carbocycles. The van der Waals surface area contributed by atoms with Gasteiger partial charge in [-0.15, -0.1) is 0 Å². The van der Waals surface area contributed by atoms with E-state index < -0.39 is 0 Å². The number of hydrogen-bond acceptors (Lipinski definition) is 3. The van der Waals surface area contributed by atoms with Crippen molar-refractivity contribution in [3.8, 4) is 11.1 Å². The largest absolute Gasteiger partial charge is 0.361 e. The zero-order valence-corrected chi connectivity index (χ0v) is 23.0. The second-order valence-electron chi connectivity index (χ2n) is 10.5. The normalized spacial score (nSPS) is 16.3. The average molecular weight is 562 g/mol. The molecule has 1 aromatic heterocycles. The molecular formula is C33H28ClN5O2. The van der Waals surface area contributed by atoms with Gasteiger partial charge in [-0.3, -0.25) is 9.69 Å². The number of hydrogen-bond donors (Lipinski definition) is 3. The number of carbonyl (C=O) groups is 2. The highest BCUT2D eigenvalue weighted by atomic mass is 35.5. The topological polar surface area (TPSA) is 80.5 Å². The first-order valence-corrected chi connectivity index (χ1v) is 14.1. The van der Waals surface area contributed by atoms with Crippen molar-refractivity contribution >= 4 is 45.8 Å². The Morgan fingerprint density at radius 2 is 1.56 bits per heavy atom. The van der Waals surface area contributed by atoms with Gasteiger partial charge in [0.1, 0.15) is 0 Å². The van der Waals surface area contributed by atoms with Crippen LogP contribution in [0.4, 0.5) is 16.2 Å². The minimum absolute atomic E-state index is 0.0445. The molecule has 1 aliphatic carbocycles. The number of rotatable bonds is 4. The molecule has 2 aliphatic rings. The fourth-order valence-electron chi connectivity index (χ4n) is 6.05. The maximum absolute atomic E-state index is 13.3. The number of piperazine rings is 1. The third kappa shape index (κ3) is 4.73. The quantitative estimate of drug-likeness (QED) is 0.221. The lowest BCUT2D eigenvalue weighted by molar-refractivity contribution is 0.0600. The Bertz CT molecular complexity index is 1790. The van der Waals surface area contributed by atoms with Crippen LogP contribution in [0.3, 0.4) is 0 Å². The molecule has 8 heteroatoms. The first kappa shape index (κ1) is 25.4. The molecule has 0 radical (unpaired) electrons. The number of aromatic amines is 1. The summed E-state index contributed by atoms with van der Waals surface area (Å²) in [5, 5.41) is 7.31. The third-order valence-corrected chi connectivity index (χ3v) is 8.37. The number of para-hydroxylation sites is 1. The summed E-state index contributed by atoms with van der Waals surface area (Å²) in [7, 11) is 0. The summed E-state index contributed by atoms with van der Waals surface area (Å²) in [5.41, 5.74) is 7.78. The molecule has 3 amide bonds. The fraction of sp³-hybridized carbons (Fsp3) is 0.152. The van der Waals surface area contributed by atoms with E-state index in [1.54, 1.807) is 12.1 Å². The average Bonchev–Trinajstić information content (AvgIpc) is 3.60. The zero-order chi connectivity index (χ0) is 27.9. The van der Waals surface area contributed by atoms with Crippen molar-refractivity contribution in [3.05, 3.63) is 119 Å². The predicted molar refractivity (Wildman–Crippen MR) is 164 cm³/mol. The molecule has 41 heavy (non-hydrogen) atoms. The Kier molecular flexibility index (Phi) is 6.46. The van der Waals surface area contributed by atoms with Crippen LogP contribution in [0, 0.1) is 0 Å². The number of fused-ring (bicyclic) bond motifs is 4. The second kappa shape index (κ2) is 10.4. The highest BCUT2D eigenvalue weighted by Crippen LogP contribution is 2.47. The van der Waals surface area contributed by atoms with Gasteiger partial charge in [-0.25, -0.2) is 4.79 Å². The third-order valence-electron chi connectivity index (χ3n) is 8.04. The van der Waals surface area contributed by atoms with E-state index in [1.165, 1.54) is 16.7 Å². The van der Waals surface area contributed by atoms with Gasteiger partial charge < -0.3 is 20.5 Å². The number of anilines is 2. The summed E-state index contributed by atoms with van der Waals surface area (Å²) in [4.78, 5) is 33.7. The van der Waals surface area contributed by atoms with Gasteiger partial charge in [-0.05, 0) is 70.8 Å². The summed E-state index contributed by atoms with van der Waals surface area (Å²) in [6.07, 6.45) is 1.89. The number of nitrogens with zero attached hydrogens (tertiary/aromatic N) is 2. The molecule has 7 rings (SSSR count). The van der Waals surface area contributed by atoms with Crippen LogP contribution in [0.15, 0.2) is 97.2 Å². The van der Waals surface area contributed by atoms with E-state index in [9.17, 15) is 9.59 Å². The maximum atomic E-state index is 13.3. The van der Waals surface area contributed by atoms with Crippen LogP contribution in [0.1, 0.15) is 27.5 Å². The number of urea groups is 1. The summed E-state index contributed by atoms with van der Waals surface area (Å²) in [6, 6.07) is 29.2. The van der Waals surface area contributed by atoms with Gasteiger partial charge in [0.25, 0.3) is 5.91 Å². The molecule has 1 aliphatic heterocycles. The van der Waals surface area contributed by atoms with Crippen LogP contribution >= 0.6 is 11.6 Å². The molecular weight excluding hydrogens is 534 g/mol. The van der Waals surface area contributed by atoms with E-state index in [0.717, 1.165) is 29.6 Å². The first-order valence-electron chi connectivity index (χ1n) is 13.7. The standard InChI is InChI=1S/C33H28ClN5O2/c34-28-7-3-4-8-30(28)37-33(41)36-23-10-11-25-24-5-1-2-6-26(24)31(27(25)20-23)38-15-17-39(18-16-38)32(40)22-9-12-29-21(19-22)13-14-35-29/h1-14,19-20,31,35H,15-18H2,(H2,36,37,41). The summed E-state index contributed by atoms with van der Waals surface area (Å²) < 4.78 is 0. The molecule has 5 aromatic rings. The lowest BCUT2D eigenvalue weighted by atomic mass is 10.0. The minimum Gasteiger partial charge on any atom is -0.361 e. The lowest BCUT2D eigenvalue weighted by Gasteiger charge is -2.38. The van der Waals surface area contributed by atoms with E-state index in [1.807, 2.05) is 53.6 Å². The minimum atomic E-state index is -0.352. The molecule has 1 fully saturated rings. The number of aromatic nitrogens is 1. The second-order valence-corrected chi connectivity index (χ2v) is 10.9. The number of amides is 3. The van der Waals surface area contributed by atoms with Gasteiger partial charge >= 0.3 is 6.03 Å². The van der Waals surface area contributed by atoms with Crippen LogP contribution in [0.25, 0.3) is 22.0 Å². The Morgan fingerprint density at radius 1 is 0.780 bits per heavy atom. The van der Waals surface area contributed by atoms with Crippen LogP contribution in [-0.2, 0) is 0 Å². The Labute approximate surface area is 242 Å². The van der Waals surface area contributed by atoms with Crippen molar-refractivity contribution in [2.24, 2.45) is 0 Å². The van der Waals surface area contributed by atoms with E-state index in [2.05, 4.69) is 56.9 Å². The monoisotopic (exact) mass is 561 g/mol. The maximum Gasteiger partial charge on any atom is 0.323 e. The zero-order valence-electron chi connectivity index (χ0n) is 22.2. The summed E-state index contributed by atoms with van der Waals surface area (Å²) in [6.45, 7) is 2.80. The van der Waals surface area contributed by atoms with E-state index in [-0.39, 0.29) is 18.0 Å². The van der Waals surface area contributed by atoms with Gasteiger partial charge in [0.2, 0.25) is 0 Å². The lowest BCUT2D eigenvalue weighted by Crippen LogP contribution is -2.49. The van der Waals surface area contributed by atoms with E-state index in [0.29, 0.717) is 35.1 Å². The van der Waals surface area contributed by atoms with Crippen molar-refractivity contribution in [3.63, 3.8) is 0 Å². The van der Waals surface area contributed by atoms with Gasteiger partial charge in [-0.2, -0.15) is 0 Å². The molecule has 1 atom stereocenters. The molecule has 1 unspecified atom stereocenters. The number of nitrogens with one attached hydrogen (secondary N) is 3. The van der Waals surface area contributed by atoms with Gasteiger partial charge in [0.15, 0.2) is 0 Å². The van der Waals surface area contributed by atoms with Gasteiger partial charge in [0, 0.05) is 54.5 Å². The van der Waals surface area contributed by atoms with Crippen molar-refractivity contribution in [1.29, 1.82) is 0 Å². The van der Waals surface area contributed by atoms with Crippen molar-refractivity contribution in [1.82, 2.24) is 14.8 Å². The van der Waals surface area contributed by atoms with Gasteiger partial charge in [0.05, 0.1) is 16.8 Å². The Balaban J connectivity index is 1.10. The van der Waals surface area contributed by atoms with Crippen LogP contribution in [-0.4, -0.2) is 52.9 Å². The molecule has 0 saturated carbocycles. The Morgan fingerprint density at radius 3 is 2.41 bits per heavy atom. The number of H-pyrrole nitrogens is 1. The molecule has 7 nitrogen and oxygen atoms in total. The highest BCUT2D eigenvalue weighted by Gasteiger charge is 2.35.